The summed E-state index contributed by atoms with van der Waals surface area (Å²) in [5.41, 5.74) is 2.22. The second-order valence-corrected chi connectivity index (χ2v) is 7.68. The number of aromatic nitrogens is 1. The van der Waals surface area contributed by atoms with E-state index in [1.54, 1.807) is 18.6 Å². The van der Waals surface area contributed by atoms with E-state index in [-0.39, 0.29) is 12.0 Å². The van der Waals surface area contributed by atoms with Crippen molar-refractivity contribution in [2.45, 2.75) is 25.3 Å². The summed E-state index contributed by atoms with van der Waals surface area (Å²) in [6.07, 6.45) is 10.9. The molecular formula is C24H21N3O5. The molecule has 1 aliphatic carbocycles. The summed E-state index contributed by atoms with van der Waals surface area (Å²) in [6, 6.07) is 10.1. The van der Waals surface area contributed by atoms with E-state index >= 15 is 0 Å². The van der Waals surface area contributed by atoms with Gasteiger partial charge in [-0.2, -0.15) is 5.10 Å². The van der Waals surface area contributed by atoms with Gasteiger partial charge in [-0.05, 0) is 67.3 Å². The van der Waals surface area contributed by atoms with Crippen LogP contribution in [0.2, 0.25) is 0 Å². The summed E-state index contributed by atoms with van der Waals surface area (Å²) in [7, 11) is 0. The first kappa shape index (κ1) is 20.0. The third-order valence-electron chi connectivity index (χ3n) is 5.69. The smallest absolute Gasteiger partial charge is 0.338 e. The molecule has 32 heavy (non-hydrogen) atoms. The molecule has 1 saturated carbocycles. The van der Waals surface area contributed by atoms with Crippen LogP contribution in [-0.4, -0.2) is 34.2 Å². The third kappa shape index (κ3) is 3.87. The summed E-state index contributed by atoms with van der Waals surface area (Å²) >= 11 is 0. The second kappa shape index (κ2) is 8.66. The standard InChI is InChI=1S/C24H21N3O5/c28-21(15-32-24(29)16-8-10-25-11-9-16)27-23(20-7-3-13-31-20)19-6-1-4-17(22(19)26-27)14-18-5-2-12-30-18/h2-3,5,7-14,19,23H,1,4,6,15H2. The Morgan fingerprint density at radius 3 is 2.69 bits per heavy atom. The molecule has 0 radical (unpaired) electrons. The number of hydrogen-bond donors (Lipinski definition) is 0. The zero-order valence-corrected chi connectivity index (χ0v) is 17.2. The second-order valence-electron chi connectivity index (χ2n) is 7.68. The van der Waals surface area contributed by atoms with Crippen molar-refractivity contribution >= 4 is 23.7 Å². The Bertz CT molecular complexity index is 1150. The molecule has 3 aromatic heterocycles. The highest BCUT2D eigenvalue weighted by Crippen LogP contribution is 2.44. The van der Waals surface area contributed by atoms with Crippen LogP contribution in [0.1, 0.15) is 47.2 Å². The number of ether oxygens (including phenoxy) is 1. The summed E-state index contributed by atoms with van der Waals surface area (Å²) < 4.78 is 16.4. The van der Waals surface area contributed by atoms with E-state index in [2.05, 4.69) is 10.1 Å². The quantitative estimate of drug-likeness (QED) is 0.560. The Balaban J connectivity index is 1.40. The topological polar surface area (TPSA) is 98.1 Å². The zero-order chi connectivity index (χ0) is 21.9. The van der Waals surface area contributed by atoms with Crippen molar-refractivity contribution in [1.29, 1.82) is 0 Å². The third-order valence-corrected chi connectivity index (χ3v) is 5.69. The van der Waals surface area contributed by atoms with E-state index in [1.165, 1.54) is 29.5 Å². The van der Waals surface area contributed by atoms with Crippen LogP contribution in [0.25, 0.3) is 6.08 Å². The summed E-state index contributed by atoms with van der Waals surface area (Å²) in [4.78, 5) is 29.2. The van der Waals surface area contributed by atoms with E-state index in [0.717, 1.165) is 36.3 Å². The number of hydrogen-bond acceptors (Lipinski definition) is 7. The number of allylic oxidation sites excluding steroid dienone is 1. The molecule has 0 spiro atoms. The minimum absolute atomic E-state index is 0.00374. The van der Waals surface area contributed by atoms with Gasteiger partial charge in [0.1, 0.15) is 17.6 Å². The van der Waals surface area contributed by atoms with Crippen molar-refractivity contribution < 1.29 is 23.2 Å². The first-order valence-corrected chi connectivity index (χ1v) is 10.5. The van der Waals surface area contributed by atoms with E-state index in [1.807, 2.05) is 24.3 Å². The zero-order valence-electron chi connectivity index (χ0n) is 17.2. The number of carbonyl (C=O) groups excluding carboxylic acids is 2. The van der Waals surface area contributed by atoms with E-state index in [9.17, 15) is 9.59 Å². The number of furan rings is 2. The lowest BCUT2D eigenvalue weighted by atomic mass is 9.79. The average Bonchev–Trinajstić information content (AvgIpc) is 3.58. The molecule has 2 atom stereocenters. The maximum Gasteiger partial charge on any atom is 0.338 e. The van der Waals surface area contributed by atoms with Gasteiger partial charge in [0.15, 0.2) is 6.61 Å². The molecule has 8 heteroatoms. The number of pyridine rings is 1. The SMILES string of the molecule is O=C(OCC(=O)N1N=C2C(=Cc3ccco3)CCCC2C1c1ccco1)c1ccncc1. The van der Waals surface area contributed by atoms with Crippen molar-refractivity contribution in [3.63, 3.8) is 0 Å². The van der Waals surface area contributed by atoms with Gasteiger partial charge in [-0.25, -0.2) is 9.80 Å². The van der Waals surface area contributed by atoms with Gasteiger partial charge in [-0.15, -0.1) is 0 Å². The summed E-state index contributed by atoms with van der Waals surface area (Å²) in [5, 5.41) is 6.09. The Labute approximate surface area is 184 Å². The van der Waals surface area contributed by atoms with Crippen molar-refractivity contribution in [2.75, 3.05) is 6.61 Å². The molecule has 4 heterocycles. The molecular weight excluding hydrogens is 410 g/mol. The molecule has 0 N–H and O–H groups in total. The molecule has 2 aliphatic rings. The first-order valence-electron chi connectivity index (χ1n) is 10.5. The van der Waals surface area contributed by atoms with E-state index in [4.69, 9.17) is 13.6 Å². The minimum Gasteiger partial charge on any atom is -0.467 e. The molecule has 1 aliphatic heterocycles. The van der Waals surface area contributed by atoms with Crippen molar-refractivity contribution in [1.82, 2.24) is 9.99 Å². The molecule has 2 unspecified atom stereocenters. The Hall–Kier alpha value is -3.94. The molecule has 1 fully saturated rings. The molecule has 0 saturated heterocycles. The van der Waals surface area contributed by atoms with Gasteiger partial charge in [0, 0.05) is 18.3 Å². The monoisotopic (exact) mass is 431 g/mol. The molecule has 3 aromatic rings. The van der Waals surface area contributed by atoms with Gasteiger partial charge in [-0.1, -0.05) is 0 Å². The Kier molecular flexibility index (Phi) is 5.41. The van der Waals surface area contributed by atoms with Crippen LogP contribution in [0.15, 0.2) is 80.8 Å². The highest BCUT2D eigenvalue weighted by molar-refractivity contribution is 6.08. The number of rotatable bonds is 5. The maximum absolute atomic E-state index is 13.1. The van der Waals surface area contributed by atoms with Crippen LogP contribution >= 0.6 is 0 Å². The predicted molar refractivity (Wildman–Crippen MR) is 114 cm³/mol. The molecule has 1 amide bonds. The average molecular weight is 431 g/mol. The number of carbonyl (C=O) groups is 2. The van der Waals surface area contributed by atoms with Gasteiger partial charge < -0.3 is 13.6 Å². The van der Waals surface area contributed by atoms with Crippen LogP contribution < -0.4 is 0 Å². The normalized spacial score (nSPS) is 21.3. The Morgan fingerprint density at radius 2 is 1.94 bits per heavy atom. The maximum atomic E-state index is 13.1. The van der Waals surface area contributed by atoms with E-state index in [0.29, 0.717) is 11.3 Å². The van der Waals surface area contributed by atoms with Gasteiger partial charge in [-0.3, -0.25) is 9.78 Å². The van der Waals surface area contributed by atoms with Crippen molar-refractivity contribution in [3.05, 3.63) is 84.0 Å². The highest BCUT2D eigenvalue weighted by atomic mass is 16.5. The van der Waals surface area contributed by atoms with Crippen LogP contribution in [-0.2, 0) is 9.53 Å². The predicted octanol–water partition coefficient (Wildman–Crippen LogP) is 4.25. The number of amides is 1. The fourth-order valence-corrected chi connectivity index (χ4v) is 4.26. The largest absolute Gasteiger partial charge is 0.467 e. The van der Waals surface area contributed by atoms with Gasteiger partial charge in [0.25, 0.3) is 5.91 Å². The number of fused-ring (bicyclic) bond motifs is 1. The van der Waals surface area contributed by atoms with Crippen molar-refractivity contribution in [3.8, 4) is 0 Å². The van der Waals surface area contributed by atoms with Gasteiger partial charge in [0.2, 0.25) is 0 Å². The fraction of sp³-hybridized carbons (Fsp3) is 0.250. The van der Waals surface area contributed by atoms with Crippen LogP contribution in [0, 0.1) is 5.92 Å². The molecule has 8 nitrogen and oxygen atoms in total. The molecule has 162 valence electrons. The Morgan fingerprint density at radius 1 is 1.12 bits per heavy atom. The lowest BCUT2D eigenvalue weighted by molar-refractivity contribution is -0.137. The van der Waals surface area contributed by atoms with Gasteiger partial charge >= 0.3 is 5.97 Å². The van der Waals surface area contributed by atoms with Crippen LogP contribution in [0.4, 0.5) is 0 Å². The van der Waals surface area contributed by atoms with E-state index < -0.39 is 18.5 Å². The van der Waals surface area contributed by atoms with Crippen LogP contribution in [0.3, 0.4) is 0 Å². The lowest BCUT2D eigenvalue weighted by Crippen LogP contribution is -2.34. The number of hydrazone groups is 1. The van der Waals surface area contributed by atoms with Crippen LogP contribution in [0.5, 0.6) is 0 Å². The summed E-state index contributed by atoms with van der Waals surface area (Å²) in [6.45, 7) is -0.418. The molecule has 0 bridgehead atoms. The number of esters is 1. The van der Waals surface area contributed by atoms with Crippen molar-refractivity contribution in [2.24, 2.45) is 11.0 Å². The fourth-order valence-electron chi connectivity index (χ4n) is 4.26. The first-order chi connectivity index (χ1) is 15.7. The highest BCUT2D eigenvalue weighted by Gasteiger charge is 2.45. The number of nitrogens with zero attached hydrogens (tertiary/aromatic N) is 3. The van der Waals surface area contributed by atoms with Gasteiger partial charge in [0.05, 0.1) is 23.8 Å². The minimum atomic E-state index is -0.585. The summed E-state index contributed by atoms with van der Waals surface area (Å²) in [5.74, 6) is 0.401. The molecule has 5 rings (SSSR count). The molecule has 0 aromatic carbocycles. The lowest BCUT2D eigenvalue weighted by Gasteiger charge is -2.27.